The molecule has 0 radical (unpaired) electrons. The van der Waals surface area contributed by atoms with E-state index in [9.17, 15) is 4.79 Å². The number of ether oxygens (including phenoxy) is 2. The lowest BCUT2D eigenvalue weighted by Gasteiger charge is -2.30. The minimum Gasteiger partial charge on any atom is -0.488 e. The highest BCUT2D eigenvalue weighted by Crippen LogP contribution is 2.36. The molecular formula is C28H40FNO3. The van der Waals surface area contributed by atoms with Crippen LogP contribution in [0.5, 0.6) is 5.75 Å². The number of hydrogen-bond donors (Lipinski definition) is 0. The Labute approximate surface area is 199 Å². The quantitative estimate of drug-likeness (QED) is 0.399. The molecule has 0 heterocycles. The predicted molar refractivity (Wildman–Crippen MR) is 132 cm³/mol. The molecule has 0 saturated heterocycles. The fourth-order valence-electron chi connectivity index (χ4n) is 4.01. The van der Waals surface area contributed by atoms with Crippen LogP contribution in [0.1, 0.15) is 76.3 Å². The number of hydrogen-bond acceptors (Lipinski definition) is 3. The first-order valence-electron chi connectivity index (χ1n) is 12.0. The Hall–Kier alpha value is -2.56. The minimum atomic E-state index is -0.621. The summed E-state index contributed by atoms with van der Waals surface area (Å²) in [5, 5.41) is 0. The molecule has 1 amide bonds. The smallest absolute Gasteiger partial charge is 0.410 e. The van der Waals surface area contributed by atoms with E-state index >= 15 is 4.39 Å². The molecule has 0 unspecified atom stereocenters. The standard InChI is InChI=1S/C28H40FNO3/c1-9-22-20(5)25(29)24(17-30(16-19(3)4)27(31)33-28(6,7)8)23(10-2)26(22)32-18-21-14-12-11-13-15-21/h11-15,19H,9-10,16-18H2,1-8H3. The third-order valence-electron chi connectivity index (χ3n) is 5.48. The van der Waals surface area contributed by atoms with Crippen molar-refractivity contribution in [1.29, 1.82) is 0 Å². The Bertz CT molecular complexity index is 933. The molecule has 4 nitrogen and oxygen atoms in total. The van der Waals surface area contributed by atoms with Crippen LogP contribution in [0.15, 0.2) is 30.3 Å². The predicted octanol–water partition coefficient (Wildman–Crippen LogP) is 7.23. The van der Waals surface area contributed by atoms with Crippen molar-refractivity contribution < 1.29 is 18.7 Å². The van der Waals surface area contributed by atoms with E-state index in [2.05, 4.69) is 0 Å². The number of amides is 1. The van der Waals surface area contributed by atoms with E-state index in [4.69, 9.17) is 9.47 Å². The second-order valence-electron chi connectivity index (χ2n) is 9.94. The van der Waals surface area contributed by atoms with Gasteiger partial charge in [-0.25, -0.2) is 9.18 Å². The van der Waals surface area contributed by atoms with Crippen LogP contribution in [-0.4, -0.2) is 23.1 Å². The number of halogens is 1. The molecule has 0 aliphatic carbocycles. The summed E-state index contributed by atoms with van der Waals surface area (Å²) in [5.74, 6) is 0.704. The number of nitrogens with zero attached hydrogens (tertiary/aromatic N) is 1. The molecule has 0 spiro atoms. The fourth-order valence-corrected chi connectivity index (χ4v) is 4.01. The van der Waals surface area contributed by atoms with E-state index in [-0.39, 0.29) is 18.3 Å². The zero-order chi connectivity index (χ0) is 24.8. The van der Waals surface area contributed by atoms with Gasteiger partial charge in [-0.2, -0.15) is 0 Å². The first kappa shape index (κ1) is 26.7. The lowest BCUT2D eigenvalue weighted by molar-refractivity contribution is 0.0208. The largest absolute Gasteiger partial charge is 0.488 e. The molecular weight excluding hydrogens is 417 g/mol. The van der Waals surface area contributed by atoms with Gasteiger partial charge in [0.2, 0.25) is 0 Å². The van der Waals surface area contributed by atoms with Gasteiger partial charge in [0, 0.05) is 17.7 Å². The van der Waals surface area contributed by atoms with E-state index in [1.165, 1.54) is 0 Å². The molecule has 0 N–H and O–H groups in total. The van der Waals surface area contributed by atoms with E-state index < -0.39 is 11.7 Å². The number of carbonyl (C=O) groups excluding carboxylic acids is 1. The van der Waals surface area contributed by atoms with Crippen LogP contribution in [0.3, 0.4) is 0 Å². The molecule has 0 aliphatic rings. The summed E-state index contributed by atoms with van der Waals surface area (Å²) in [4.78, 5) is 14.6. The molecule has 0 bridgehead atoms. The zero-order valence-electron chi connectivity index (χ0n) is 21.5. The first-order chi connectivity index (χ1) is 15.5. The summed E-state index contributed by atoms with van der Waals surface area (Å²) in [6, 6.07) is 9.96. The Morgan fingerprint density at radius 1 is 1.03 bits per heavy atom. The Morgan fingerprint density at radius 3 is 2.15 bits per heavy atom. The van der Waals surface area contributed by atoms with Crippen LogP contribution in [0.2, 0.25) is 0 Å². The van der Waals surface area contributed by atoms with E-state index in [1.54, 1.807) is 11.8 Å². The molecule has 0 saturated carbocycles. The SMILES string of the molecule is CCc1c(C)c(F)c(CN(CC(C)C)C(=O)OC(C)(C)C)c(CC)c1OCc1ccccc1. The van der Waals surface area contributed by atoms with Crippen molar-refractivity contribution in [2.45, 2.75) is 87.0 Å². The monoisotopic (exact) mass is 457 g/mol. The zero-order valence-corrected chi connectivity index (χ0v) is 21.5. The van der Waals surface area contributed by atoms with Gasteiger partial charge in [0.15, 0.2) is 0 Å². The molecule has 0 aromatic heterocycles. The maximum Gasteiger partial charge on any atom is 0.410 e. The summed E-state index contributed by atoms with van der Waals surface area (Å²) in [7, 11) is 0. The van der Waals surface area contributed by atoms with Crippen molar-refractivity contribution in [3.8, 4) is 5.75 Å². The van der Waals surface area contributed by atoms with Gasteiger partial charge in [0.1, 0.15) is 23.8 Å². The molecule has 0 aliphatic heterocycles. The summed E-state index contributed by atoms with van der Waals surface area (Å²) >= 11 is 0. The normalized spacial score (nSPS) is 11.6. The summed E-state index contributed by atoms with van der Waals surface area (Å²) < 4.78 is 27.6. The third-order valence-corrected chi connectivity index (χ3v) is 5.48. The highest BCUT2D eigenvalue weighted by atomic mass is 19.1. The minimum absolute atomic E-state index is 0.147. The van der Waals surface area contributed by atoms with Crippen LogP contribution >= 0.6 is 0 Å². The van der Waals surface area contributed by atoms with Gasteiger partial charge in [-0.05, 0) is 63.1 Å². The molecule has 182 valence electrons. The lowest BCUT2D eigenvalue weighted by Crippen LogP contribution is -2.39. The highest BCUT2D eigenvalue weighted by Gasteiger charge is 2.28. The van der Waals surface area contributed by atoms with Crippen molar-refractivity contribution in [3.63, 3.8) is 0 Å². The van der Waals surface area contributed by atoms with Crippen molar-refractivity contribution in [2.75, 3.05) is 6.54 Å². The van der Waals surface area contributed by atoms with Crippen LogP contribution in [0.25, 0.3) is 0 Å². The van der Waals surface area contributed by atoms with E-state index in [0.29, 0.717) is 37.1 Å². The van der Waals surface area contributed by atoms with E-state index in [0.717, 1.165) is 22.4 Å². The van der Waals surface area contributed by atoms with Crippen LogP contribution in [-0.2, 0) is 30.7 Å². The van der Waals surface area contributed by atoms with E-state index in [1.807, 2.05) is 78.8 Å². The van der Waals surface area contributed by atoms with Crippen molar-refractivity contribution >= 4 is 6.09 Å². The Kier molecular flexibility index (Phi) is 9.33. The van der Waals surface area contributed by atoms with Gasteiger partial charge in [-0.15, -0.1) is 0 Å². The molecule has 0 fully saturated rings. The van der Waals surface area contributed by atoms with Crippen LogP contribution in [0, 0.1) is 18.7 Å². The summed E-state index contributed by atoms with van der Waals surface area (Å²) in [6.45, 7) is 16.4. The molecule has 2 rings (SSSR count). The topological polar surface area (TPSA) is 38.8 Å². The number of carbonyl (C=O) groups is 1. The highest BCUT2D eigenvalue weighted by molar-refractivity contribution is 5.68. The third kappa shape index (κ3) is 7.21. The van der Waals surface area contributed by atoms with Gasteiger partial charge in [-0.1, -0.05) is 58.0 Å². The lowest BCUT2D eigenvalue weighted by atomic mass is 9.93. The second kappa shape index (κ2) is 11.5. The molecule has 2 aromatic carbocycles. The van der Waals surface area contributed by atoms with Crippen molar-refractivity contribution in [1.82, 2.24) is 4.90 Å². The number of rotatable bonds is 9. The van der Waals surface area contributed by atoms with Gasteiger partial charge >= 0.3 is 6.09 Å². The second-order valence-corrected chi connectivity index (χ2v) is 9.94. The van der Waals surface area contributed by atoms with Gasteiger partial charge < -0.3 is 14.4 Å². The number of benzene rings is 2. The first-order valence-corrected chi connectivity index (χ1v) is 12.0. The van der Waals surface area contributed by atoms with Gasteiger partial charge in [0.05, 0.1) is 6.54 Å². The average molecular weight is 458 g/mol. The maximum absolute atomic E-state index is 15.7. The van der Waals surface area contributed by atoms with Crippen LogP contribution in [0.4, 0.5) is 9.18 Å². The Morgan fingerprint density at radius 2 is 1.64 bits per heavy atom. The van der Waals surface area contributed by atoms with Crippen molar-refractivity contribution in [2.24, 2.45) is 5.92 Å². The average Bonchev–Trinajstić information content (AvgIpc) is 2.74. The summed E-state index contributed by atoms with van der Waals surface area (Å²) in [5.41, 5.74) is 3.24. The fraction of sp³-hybridized carbons (Fsp3) is 0.536. The summed E-state index contributed by atoms with van der Waals surface area (Å²) in [6.07, 6.45) is 0.844. The Balaban J connectivity index is 2.51. The van der Waals surface area contributed by atoms with Crippen LogP contribution < -0.4 is 4.74 Å². The molecule has 33 heavy (non-hydrogen) atoms. The molecule has 2 aromatic rings. The van der Waals surface area contributed by atoms with Gasteiger partial charge in [-0.3, -0.25) is 0 Å². The molecule has 0 atom stereocenters. The van der Waals surface area contributed by atoms with Gasteiger partial charge in [0.25, 0.3) is 0 Å². The maximum atomic E-state index is 15.7. The molecule has 5 heteroatoms. The van der Waals surface area contributed by atoms with Crippen molar-refractivity contribution in [3.05, 3.63) is 64.0 Å².